The smallest absolute Gasteiger partial charge is 0.407 e. The highest BCUT2D eigenvalue weighted by molar-refractivity contribution is 5.69. The molecule has 0 bridgehead atoms. The largest absolute Gasteiger partial charge is 0.481 e. The van der Waals surface area contributed by atoms with Gasteiger partial charge in [0.1, 0.15) is 6.61 Å². The van der Waals surface area contributed by atoms with Crippen LogP contribution >= 0.6 is 0 Å². The number of alkyl carbamates (subject to hydrolysis) is 1. The third-order valence-corrected chi connectivity index (χ3v) is 3.84. The molecule has 6 heteroatoms. The van der Waals surface area contributed by atoms with Gasteiger partial charge < -0.3 is 20.3 Å². The summed E-state index contributed by atoms with van der Waals surface area (Å²) in [6.07, 6.45) is 1.21. The van der Waals surface area contributed by atoms with E-state index >= 15 is 0 Å². The van der Waals surface area contributed by atoms with E-state index < -0.39 is 17.7 Å². The summed E-state index contributed by atoms with van der Waals surface area (Å²) >= 11 is 0. The van der Waals surface area contributed by atoms with Crippen LogP contribution in [0, 0.1) is 0 Å². The third kappa shape index (κ3) is 5.04. The van der Waals surface area contributed by atoms with Crippen LogP contribution in [0.25, 0.3) is 0 Å². The summed E-state index contributed by atoms with van der Waals surface area (Å²) in [5.41, 5.74) is -0.356. The van der Waals surface area contributed by atoms with Crippen molar-refractivity contribution in [3.8, 4) is 0 Å². The average Bonchev–Trinajstić information content (AvgIpc) is 2.45. The lowest BCUT2D eigenvalue weighted by molar-refractivity contribution is -0.144. The van der Waals surface area contributed by atoms with E-state index in [0.717, 1.165) is 5.56 Å². The van der Waals surface area contributed by atoms with E-state index in [-0.39, 0.29) is 25.5 Å². The van der Waals surface area contributed by atoms with E-state index in [1.807, 2.05) is 30.3 Å². The number of amides is 1. The molecule has 120 valence electrons. The van der Waals surface area contributed by atoms with Crippen molar-refractivity contribution in [2.45, 2.75) is 50.4 Å². The van der Waals surface area contributed by atoms with Crippen molar-refractivity contribution >= 4 is 12.1 Å². The maximum Gasteiger partial charge on any atom is 0.407 e. The number of nitrogens with one attached hydrogen (secondary N) is 1. The Morgan fingerprint density at radius 3 is 2.73 bits per heavy atom. The second kappa shape index (κ2) is 7.26. The summed E-state index contributed by atoms with van der Waals surface area (Å²) < 4.78 is 5.13. The Bertz CT molecular complexity index is 519. The number of aliphatic hydroxyl groups is 1. The van der Waals surface area contributed by atoms with Gasteiger partial charge in [0.15, 0.2) is 0 Å². The first-order valence-corrected chi connectivity index (χ1v) is 7.38. The van der Waals surface area contributed by atoms with E-state index in [9.17, 15) is 14.7 Å². The third-order valence-electron chi connectivity index (χ3n) is 3.84. The molecule has 1 aromatic carbocycles. The highest BCUT2D eigenvalue weighted by Gasteiger charge is 2.37. The minimum Gasteiger partial charge on any atom is -0.481 e. The minimum absolute atomic E-state index is 0.179. The number of carboxylic acid groups (broad SMARTS) is 1. The fourth-order valence-electron chi connectivity index (χ4n) is 2.84. The molecule has 6 nitrogen and oxygen atoms in total. The number of carbonyl (C=O) groups is 2. The molecule has 2 atom stereocenters. The summed E-state index contributed by atoms with van der Waals surface area (Å²) in [6, 6.07) is 9.07. The van der Waals surface area contributed by atoms with Crippen molar-refractivity contribution in [1.82, 2.24) is 5.32 Å². The number of carboxylic acids is 1. The summed E-state index contributed by atoms with van der Waals surface area (Å²) in [7, 11) is 0. The van der Waals surface area contributed by atoms with Crippen molar-refractivity contribution in [1.29, 1.82) is 0 Å². The van der Waals surface area contributed by atoms with Gasteiger partial charge in [0.25, 0.3) is 0 Å². The fourth-order valence-corrected chi connectivity index (χ4v) is 2.84. The molecule has 0 aromatic heterocycles. The molecule has 0 radical (unpaired) electrons. The van der Waals surface area contributed by atoms with Crippen LogP contribution in [0.1, 0.15) is 37.7 Å². The predicted molar refractivity (Wildman–Crippen MR) is 79.2 cm³/mol. The Morgan fingerprint density at radius 2 is 2.05 bits per heavy atom. The van der Waals surface area contributed by atoms with E-state index in [1.165, 1.54) is 0 Å². The molecule has 0 saturated heterocycles. The van der Waals surface area contributed by atoms with E-state index in [4.69, 9.17) is 9.84 Å². The zero-order chi connectivity index (χ0) is 16.0. The van der Waals surface area contributed by atoms with Gasteiger partial charge in [-0.3, -0.25) is 4.79 Å². The van der Waals surface area contributed by atoms with Crippen molar-refractivity contribution < 1.29 is 24.5 Å². The first-order chi connectivity index (χ1) is 10.5. The molecule has 1 amide bonds. The molecular weight excluding hydrogens is 286 g/mol. The van der Waals surface area contributed by atoms with Gasteiger partial charge in [-0.1, -0.05) is 30.3 Å². The second-order valence-electron chi connectivity index (χ2n) is 5.79. The van der Waals surface area contributed by atoms with Crippen molar-refractivity contribution in [2.75, 3.05) is 0 Å². The van der Waals surface area contributed by atoms with Crippen LogP contribution in [0.15, 0.2) is 30.3 Å². The van der Waals surface area contributed by atoms with E-state index in [2.05, 4.69) is 5.32 Å². The van der Waals surface area contributed by atoms with Crippen LogP contribution in [0.2, 0.25) is 0 Å². The lowest BCUT2D eigenvalue weighted by Gasteiger charge is -2.35. The monoisotopic (exact) mass is 307 g/mol. The van der Waals surface area contributed by atoms with Crippen LogP contribution in [-0.2, 0) is 16.1 Å². The van der Waals surface area contributed by atoms with Gasteiger partial charge in [-0.2, -0.15) is 0 Å². The predicted octanol–water partition coefficient (Wildman–Crippen LogP) is 2.06. The molecule has 22 heavy (non-hydrogen) atoms. The fraction of sp³-hybridized carbons (Fsp3) is 0.500. The van der Waals surface area contributed by atoms with Crippen molar-refractivity contribution in [3.05, 3.63) is 35.9 Å². The number of carbonyl (C=O) groups excluding carboxylic acids is 1. The first kappa shape index (κ1) is 16.3. The van der Waals surface area contributed by atoms with Gasteiger partial charge in [0.05, 0.1) is 12.0 Å². The van der Waals surface area contributed by atoms with Crippen molar-refractivity contribution in [2.24, 2.45) is 0 Å². The van der Waals surface area contributed by atoms with Gasteiger partial charge in [0.2, 0.25) is 0 Å². The van der Waals surface area contributed by atoms with Crippen LogP contribution in [0.4, 0.5) is 4.79 Å². The average molecular weight is 307 g/mol. The molecule has 0 spiro atoms. The number of rotatable bonds is 5. The first-order valence-electron chi connectivity index (χ1n) is 7.38. The topological polar surface area (TPSA) is 95.9 Å². The highest BCUT2D eigenvalue weighted by Crippen LogP contribution is 2.31. The molecule has 0 aliphatic heterocycles. The van der Waals surface area contributed by atoms with Gasteiger partial charge in [-0.25, -0.2) is 4.79 Å². The van der Waals surface area contributed by atoms with Gasteiger partial charge >= 0.3 is 12.1 Å². The normalized spacial score (nSPS) is 24.5. The Balaban J connectivity index is 1.80. The summed E-state index contributed by atoms with van der Waals surface area (Å²) in [5, 5.41) is 21.8. The Labute approximate surface area is 129 Å². The molecule has 1 aliphatic carbocycles. The standard InChI is InChI=1S/C16H21NO5/c18-14(19)10-16(21)8-4-7-13(9-16)17-15(20)22-11-12-5-2-1-3-6-12/h1-3,5-6,13,21H,4,7-11H2,(H,17,20)(H,18,19). The van der Waals surface area contributed by atoms with Gasteiger partial charge in [-0.05, 0) is 31.2 Å². The molecule has 1 aliphatic rings. The van der Waals surface area contributed by atoms with E-state index in [0.29, 0.717) is 19.3 Å². The van der Waals surface area contributed by atoms with Crippen LogP contribution < -0.4 is 5.32 Å². The van der Waals surface area contributed by atoms with Crippen LogP contribution in [0.5, 0.6) is 0 Å². The summed E-state index contributed by atoms with van der Waals surface area (Å²) in [5.74, 6) is -1.03. The molecule has 1 aromatic rings. The number of ether oxygens (including phenoxy) is 1. The van der Waals surface area contributed by atoms with Crippen molar-refractivity contribution in [3.63, 3.8) is 0 Å². The molecule has 3 N–H and O–H groups in total. The molecule has 0 heterocycles. The molecule has 1 fully saturated rings. The molecule has 2 unspecified atom stereocenters. The zero-order valence-corrected chi connectivity index (χ0v) is 12.3. The number of benzene rings is 1. The lowest BCUT2D eigenvalue weighted by Crippen LogP contribution is -2.46. The van der Waals surface area contributed by atoms with Crippen LogP contribution in [-0.4, -0.2) is 33.9 Å². The maximum absolute atomic E-state index is 11.8. The number of aliphatic carboxylic acids is 1. The Morgan fingerprint density at radius 1 is 1.32 bits per heavy atom. The zero-order valence-electron chi connectivity index (χ0n) is 12.3. The highest BCUT2D eigenvalue weighted by atomic mass is 16.5. The minimum atomic E-state index is -1.25. The number of hydrogen-bond acceptors (Lipinski definition) is 4. The molecular formula is C16H21NO5. The summed E-state index contributed by atoms with van der Waals surface area (Å²) in [4.78, 5) is 22.6. The maximum atomic E-state index is 11.8. The Hall–Kier alpha value is -2.08. The SMILES string of the molecule is O=C(O)CC1(O)CCCC(NC(=O)OCc2ccccc2)C1. The van der Waals surface area contributed by atoms with Gasteiger partial charge in [0, 0.05) is 6.04 Å². The van der Waals surface area contributed by atoms with E-state index in [1.54, 1.807) is 0 Å². The molecule has 2 rings (SSSR count). The lowest BCUT2D eigenvalue weighted by atomic mass is 9.80. The quantitative estimate of drug-likeness (QED) is 0.774. The molecule has 1 saturated carbocycles. The Kier molecular flexibility index (Phi) is 5.38. The number of hydrogen-bond donors (Lipinski definition) is 3. The summed E-state index contributed by atoms with van der Waals surface area (Å²) in [6.45, 7) is 0.179. The van der Waals surface area contributed by atoms with Crippen LogP contribution in [0.3, 0.4) is 0 Å². The van der Waals surface area contributed by atoms with Gasteiger partial charge in [-0.15, -0.1) is 0 Å². The second-order valence-corrected chi connectivity index (χ2v) is 5.79.